The van der Waals surface area contributed by atoms with Crippen molar-refractivity contribution in [2.45, 2.75) is 38.6 Å². The molecular formula is C32H32N5O2+. The largest absolute Gasteiger partial charge is 0.464 e. The van der Waals surface area contributed by atoms with Crippen LogP contribution in [0.3, 0.4) is 0 Å². The number of pyridine rings is 1. The van der Waals surface area contributed by atoms with Gasteiger partial charge in [-0.25, -0.2) is 19.3 Å². The molecule has 3 heterocycles. The monoisotopic (exact) mass is 518 g/mol. The molecular weight excluding hydrogens is 486 g/mol. The lowest BCUT2D eigenvalue weighted by Gasteiger charge is -2.35. The molecule has 0 aliphatic carbocycles. The first-order chi connectivity index (χ1) is 19.2. The second-order valence-electron chi connectivity index (χ2n) is 9.84. The van der Waals surface area contributed by atoms with E-state index >= 15 is 0 Å². The van der Waals surface area contributed by atoms with Gasteiger partial charge in [-0.15, -0.1) is 0 Å². The van der Waals surface area contributed by atoms with E-state index in [2.05, 4.69) is 28.5 Å². The van der Waals surface area contributed by atoms with E-state index in [1.54, 1.807) is 24.6 Å². The van der Waals surface area contributed by atoms with Gasteiger partial charge in [-0.3, -0.25) is 0 Å². The highest BCUT2D eigenvalue weighted by molar-refractivity contribution is 5.89. The van der Waals surface area contributed by atoms with E-state index in [1.807, 2.05) is 54.6 Å². The standard InChI is InChI=1S/C32H31N5O2/c33-22-26-13-18-31(34-24-26)36-28-10-4-5-19-37(20-6-11-28,32(38)35-23-25-8-2-1-3-9-25)29-16-14-27(15-17-29)30-12-7-21-39-30/h1-3,7-9,12-18,21,24H,4-6,10-11,19-20,23H2/p+1. The molecule has 196 valence electrons. The molecule has 1 aliphatic rings. The van der Waals surface area contributed by atoms with Crippen LogP contribution in [-0.4, -0.2) is 29.8 Å². The summed E-state index contributed by atoms with van der Waals surface area (Å²) in [6.45, 7) is 1.87. The van der Waals surface area contributed by atoms with E-state index in [9.17, 15) is 4.79 Å². The number of urea groups is 1. The molecule has 0 radical (unpaired) electrons. The van der Waals surface area contributed by atoms with Gasteiger partial charge in [0, 0.05) is 42.6 Å². The summed E-state index contributed by atoms with van der Waals surface area (Å²) in [6.07, 6.45) is 7.52. The van der Waals surface area contributed by atoms with Crippen LogP contribution in [0.15, 0.2) is 101 Å². The van der Waals surface area contributed by atoms with Gasteiger partial charge < -0.3 is 9.73 Å². The number of carbonyl (C=O) groups is 1. The number of rotatable bonds is 5. The third-order valence-electron chi connectivity index (χ3n) is 7.25. The van der Waals surface area contributed by atoms with Crippen LogP contribution >= 0.6 is 0 Å². The first-order valence-corrected chi connectivity index (χ1v) is 13.4. The molecule has 2 aromatic heterocycles. The molecule has 0 saturated carbocycles. The van der Waals surface area contributed by atoms with Gasteiger partial charge in [0.05, 0.1) is 24.9 Å². The molecule has 1 atom stereocenters. The van der Waals surface area contributed by atoms with E-state index in [0.29, 0.717) is 31.0 Å². The van der Waals surface area contributed by atoms with Crippen molar-refractivity contribution in [1.29, 1.82) is 5.26 Å². The van der Waals surface area contributed by atoms with Crippen molar-refractivity contribution in [2.75, 3.05) is 13.1 Å². The van der Waals surface area contributed by atoms with Gasteiger partial charge in [0.15, 0.2) is 5.82 Å². The highest BCUT2D eigenvalue weighted by Gasteiger charge is 2.39. The van der Waals surface area contributed by atoms with Gasteiger partial charge in [-0.05, 0) is 67.6 Å². The number of hydrogen-bond donors (Lipinski definition) is 1. The number of hydrogen-bond acceptors (Lipinski definition) is 5. The number of quaternary nitrogens is 1. The van der Waals surface area contributed by atoms with Crippen LogP contribution in [0.2, 0.25) is 0 Å². The number of nitrogens with zero attached hydrogens (tertiary/aromatic N) is 4. The Labute approximate surface area is 229 Å². The first kappa shape index (κ1) is 26.1. The van der Waals surface area contributed by atoms with E-state index in [1.165, 1.54) is 0 Å². The Morgan fingerprint density at radius 1 is 0.949 bits per heavy atom. The fourth-order valence-electron chi connectivity index (χ4n) is 5.15. The average molecular weight is 519 g/mol. The quantitative estimate of drug-likeness (QED) is 0.284. The topological polar surface area (TPSA) is 91.3 Å². The van der Waals surface area contributed by atoms with Crippen molar-refractivity contribution < 1.29 is 9.21 Å². The molecule has 1 unspecified atom stereocenters. The number of nitriles is 1. The molecule has 5 rings (SSSR count). The summed E-state index contributed by atoms with van der Waals surface area (Å²) in [6, 6.07) is 27.7. The molecule has 0 bridgehead atoms. The Kier molecular flexibility index (Phi) is 8.25. The van der Waals surface area contributed by atoms with Crippen molar-refractivity contribution in [3.63, 3.8) is 0 Å². The maximum Gasteiger partial charge on any atom is 0.421 e. The Balaban J connectivity index is 1.39. The zero-order valence-corrected chi connectivity index (χ0v) is 21.9. The van der Waals surface area contributed by atoms with Crippen molar-refractivity contribution in [3.05, 3.63) is 102 Å². The minimum absolute atomic E-state index is 0.0127. The first-order valence-electron chi connectivity index (χ1n) is 13.4. The Morgan fingerprint density at radius 3 is 2.46 bits per heavy atom. The summed E-state index contributed by atoms with van der Waals surface area (Å²) in [5.41, 5.74) is 4.65. The van der Waals surface area contributed by atoms with Crippen LogP contribution in [0.4, 0.5) is 16.3 Å². The Morgan fingerprint density at radius 2 is 1.74 bits per heavy atom. The lowest BCUT2D eigenvalue weighted by Crippen LogP contribution is -2.59. The Bertz CT molecular complexity index is 1440. The van der Waals surface area contributed by atoms with Crippen LogP contribution in [-0.2, 0) is 6.54 Å². The summed E-state index contributed by atoms with van der Waals surface area (Å²) < 4.78 is 5.82. The number of nitrogens with one attached hydrogen (secondary N) is 1. The van der Waals surface area contributed by atoms with Crippen molar-refractivity contribution in [2.24, 2.45) is 4.99 Å². The molecule has 2 amide bonds. The summed E-state index contributed by atoms with van der Waals surface area (Å²) in [4.78, 5) is 23.1. The summed E-state index contributed by atoms with van der Waals surface area (Å²) in [7, 11) is 0. The van der Waals surface area contributed by atoms with Gasteiger partial charge in [0.25, 0.3) is 0 Å². The van der Waals surface area contributed by atoms with E-state index in [4.69, 9.17) is 14.7 Å². The SMILES string of the molecule is N#Cc1ccc(N=C2CCCC[N+](C(=O)NCc3ccccc3)(c3ccc(-c4ccco4)cc3)CCC2)nc1. The molecule has 39 heavy (non-hydrogen) atoms. The number of aliphatic imine (C=N–C) groups is 1. The lowest BCUT2D eigenvalue weighted by molar-refractivity contribution is 0.196. The molecule has 1 saturated heterocycles. The maximum atomic E-state index is 14.0. The number of amides is 2. The lowest BCUT2D eigenvalue weighted by atomic mass is 10.1. The van der Waals surface area contributed by atoms with Gasteiger partial charge in [-0.2, -0.15) is 5.26 Å². The highest BCUT2D eigenvalue weighted by atomic mass is 16.3. The predicted octanol–water partition coefficient (Wildman–Crippen LogP) is 7.17. The molecule has 4 aromatic rings. The molecule has 1 fully saturated rings. The van der Waals surface area contributed by atoms with Crippen LogP contribution < -0.4 is 9.80 Å². The third-order valence-corrected chi connectivity index (χ3v) is 7.25. The maximum absolute atomic E-state index is 14.0. The van der Waals surface area contributed by atoms with Crippen molar-refractivity contribution in [3.8, 4) is 17.4 Å². The van der Waals surface area contributed by atoms with Crippen LogP contribution in [0.25, 0.3) is 11.3 Å². The number of benzene rings is 2. The molecule has 1 N–H and O–H groups in total. The Hall–Kier alpha value is -4.54. The van der Waals surface area contributed by atoms with Gasteiger partial charge in [-0.1, -0.05) is 30.3 Å². The average Bonchev–Trinajstić information content (AvgIpc) is 3.55. The van der Waals surface area contributed by atoms with Gasteiger partial charge in [0.1, 0.15) is 17.5 Å². The molecule has 0 spiro atoms. The minimum atomic E-state index is 0.0127. The van der Waals surface area contributed by atoms with E-state index in [-0.39, 0.29) is 10.5 Å². The van der Waals surface area contributed by atoms with E-state index in [0.717, 1.165) is 60.4 Å². The zero-order valence-electron chi connectivity index (χ0n) is 21.9. The van der Waals surface area contributed by atoms with Crippen LogP contribution in [0.5, 0.6) is 0 Å². The second-order valence-corrected chi connectivity index (χ2v) is 9.84. The van der Waals surface area contributed by atoms with Crippen molar-refractivity contribution >= 4 is 23.2 Å². The number of furan rings is 1. The molecule has 7 heteroatoms. The summed E-state index contributed by atoms with van der Waals surface area (Å²) >= 11 is 0. The normalized spacial score (nSPS) is 18.9. The fraction of sp³-hybridized carbons (Fsp3) is 0.250. The number of carbonyl (C=O) groups excluding carboxylic acids is 1. The summed E-state index contributed by atoms with van der Waals surface area (Å²) in [5, 5.41) is 12.3. The molecule has 2 aromatic carbocycles. The minimum Gasteiger partial charge on any atom is -0.464 e. The fourth-order valence-corrected chi connectivity index (χ4v) is 5.15. The predicted molar refractivity (Wildman–Crippen MR) is 153 cm³/mol. The van der Waals surface area contributed by atoms with Gasteiger partial charge in [0.2, 0.25) is 0 Å². The number of aromatic nitrogens is 1. The van der Waals surface area contributed by atoms with Gasteiger partial charge >= 0.3 is 6.03 Å². The smallest absolute Gasteiger partial charge is 0.421 e. The third kappa shape index (κ3) is 6.31. The zero-order chi connectivity index (χ0) is 26.9. The van der Waals surface area contributed by atoms with Crippen LogP contribution in [0, 0.1) is 11.3 Å². The van der Waals surface area contributed by atoms with E-state index < -0.39 is 0 Å². The van der Waals surface area contributed by atoms with Crippen molar-refractivity contribution in [1.82, 2.24) is 14.8 Å². The molecule has 7 nitrogen and oxygen atoms in total. The molecule has 1 aliphatic heterocycles. The van der Waals surface area contributed by atoms with Crippen LogP contribution in [0.1, 0.15) is 43.2 Å². The summed E-state index contributed by atoms with van der Waals surface area (Å²) in [5.74, 6) is 1.43. The second kappa shape index (κ2) is 12.3. The highest BCUT2D eigenvalue weighted by Crippen LogP contribution is 2.31.